The summed E-state index contributed by atoms with van der Waals surface area (Å²) in [5.41, 5.74) is 0.655. The number of nitrogens with one attached hydrogen (secondary N) is 2. The van der Waals surface area contributed by atoms with E-state index >= 15 is 0 Å². The van der Waals surface area contributed by atoms with Gasteiger partial charge in [-0.25, -0.2) is 4.98 Å². The lowest BCUT2D eigenvalue weighted by atomic mass is 10.2. The molecule has 3 rings (SSSR count). The van der Waals surface area contributed by atoms with E-state index in [4.69, 9.17) is 4.74 Å². The van der Waals surface area contributed by atoms with Gasteiger partial charge in [0.15, 0.2) is 5.16 Å². The monoisotopic (exact) mass is 419 g/mol. The SMILES string of the molecule is CCCCNC(=O)CSc1nc2ccccc2c(=O)n1CCC[NH+]1CCOCC1. The molecule has 0 radical (unpaired) electrons. The number of unbranched alkanes of at least 4 members (excludes halogenated alkanes) is 1. The number of thioether (sulfide) groups is 1. The molecule has 158 valence electrons. The molecule has 1 aliphatic rings. The fraction of sp³-hybridized carbons (Fsp3) is 0.571. The predicted octanol–water partition coefficient (Wildman–Crippen LogP) is 0.710. The minimum Gasteiger partial charge on any atom is -0.370 e. The number of carbonyl (C=O) groups excluding carboxylic acids is 1. The van der Waals surface area contributed by atoms with Crippen LogP contribution in [0.15, 0.2) is 34.2 Å². The second-order valence-electron chi connectivity index (χ2n) is 7.33. The number of para-hydroxylation sites is 1. The number of aromatic nitrogens is 2. The van der Waals surface area contributed by atoms with Crippen LogP contribution in [-0.4, -0.2) is 60.6 Å². The fourth-order valence-corrected chi connectivity index (χ4v) is 4.29. The number of ether oxygens (including phenoxy) is 1. The Bertz CT molecular complexity index is 865. The van der Waals surface area contributed by atoms with Crippen LogP contribution in [0.2, 0.25) is 0 Å². The van der Waals surface area contributed by atoms with E-state index in [1.165, 1.54) is 16.7 Å². The molecule has 2 heterocycles. The van der Waals surface area contributed by atoms with Crippen LogP contribution in [-0.2, 0) is 16.1 Å². The minimum absolute atomic E-state index is 0.0184. The van der Waals surface area contributed by atoms with E-state index in [0.717, 1.165) is 52.1 Å². The number of morpholine rings is 1. The number of amides is 1. The van der Waals surface area contributed by atoms with Crippen LogP contribution in [0.4, 0.5) is 0 Å². The smallest absolute Gasteiger partial charge is 0.262 e. The molecule has 29 heavy (non-hydrogen) atoms. The Morgan fingerprint density at radius 3 is 2.86 bits per heavy atom. The van der Waals surface area contributed by atoms with Gasteiger partial charge in [-0.2, -0.15) is 0 Å². The normalized spacial score (nSPS) is 14.9. The first-order valence-electron chi connectivity index (χ1n) is 10.5. The third-order valence-electron chi connectivity index (χ3n) is 5.12. The van der Waals surface area contributed by atoms with E-state index in [9.17, 15) is 9.59 Å². The van der Waals surface area contributed by atoms with E-state index in [1.54, 1.807) is 4.57 Å². The van der Waals surface area contributed by atoms with E-state index in [-0.39, 0.29) is 17.2 Å². The third-order valence-corrected chi connectivity index (χ3v) is 6.10. The van der Waals surface area contributed by atoms with Crippen LogP contribution in [0.5, 0.6) is 0 Å². The molecule has 1 aliphatic heterocycles. The minimum atomic E-state index is -0.0264. The first-order chi connectivity index (χ1) is 14.2. The van der Waals surface area contributed by atoms with Crippen LogP contribution in [0.25, 0.3) is 10.9 Å². The molecule has 0 atom stereocenters. The molecule has 0 spiro atoms. The largest absolute Gasteiger partial charge is 0.370 e. The third kappa shape index (κ3) is 6.29. The number of hydrogen-bond acceptors (Lipinski definition) is 5. The number of quaternary nitrogens is 1. The molecule has 0 unspecified atom stereocenters. The summed E-state index contributed by atoms with van der Waals surface area (Å²) in [7, 11) is 0. The zero-order chi connectivity index (χ0) is 20.5. The van der Waals surface area contributed by atoms with Gasteiger partial charge in [0.05, 0.1) is 36.4 Å². The van der Waals surface area contributed by atoms with Crippen molar-refractivity contribution in [3.63, 3.8) is 0 Å². The van der Waals surface area contributed by atoms with Crippen molar-refractivity contribution < 1.29 is 14.4 Å². The van der Waals surface area contributed by atoms with E-state index < -0.39 is 0 Å². The van der Waals surface area contributed by atoms with Gasteiger partial charge in [0.1, 0.15) is 13.1 Å². The molecule has 2 aromatic rings. The summed E-state index contributed by atoms with van der Waals surface area (Å²) in [6.07, 6.45) is 2.91. The molecule has 1 amide bonds. The molecule has 0 saturated carbocycles. The van der Waals surface area contributed by atoms with Crippen molar-refractivity contribution in [2.24, 2.45) is 0 Å². The van der Waals surface area contributed by atoms with Crippen LogP contribution in [0.1, 0.15) is 26.2 Å². The number of rotatable bonds is 10. The summed E-state index contributed by atoms with van der Waals surface area (Å²) in [4.78, 5) is 31.4. The molecular weight excluding hydrogens is 388 g/mol. The maximum absolute atomic E-state index is 13.1. The molecule has 0 bridgehead atoms. The molecule has 8 heteroatoms. The van der Waals surface area contributed by atoms with Crippen LogP contribution in [0.3, 0.4) is 0 Å². The van der Waals surface area contributed by atoms with Gasteiger partial charge in [0, 0.05) is 19.5 Å². The summed E-state index contributed by atoms with van der Waals surface area (Å²) in [6.45, 7) is 8.05. The average molecular weight is 420 g/mol. The summed E-state index contributed by atoms with van der Waals surface area (Å²) in [5, 5.41) is 4.17. The first-order valence-corrected chi connectivity index (χ1v) is 11.5. The Kier molecular flexibility index (Phi) is 8.52. The Hall–Kier alpha value is -1.90. The van der Waals surface area contributed by atoms with E-state index in [2.05, 4.69) is 17.2 Å². The van der Waals surface area contributed by atoms with Gasteiger partial charge in [0.2, 0.25) is 5.91 Å². The molecular formula is C21H31N4O3S+. The Balaban J connectivity index is 1.70. The predicted molar refractivity (Wildman–Crippen MR) is 116 cm³/mol. The molecule has 1 fully saturated rings. The van der Waals surface area contributed by atoms with Crippen LogP contribution >= 0.6 is 11.8 Å². The maximum atomic E-state index is 13.1. The Morgan fingerprint density at radius 1 is 1.28 bits per heavy atom. The standard InChI is InChI=1S/C21H30N4O3S/c1-2-3-9-22-19(26)16-29-21-23-18-8-5-4-7-17(18)20(27)25(21)11-6-10-24-12-14-28-15-13-24/h4-5,7-8H,2-3,6,9-16H2,1H3,(H,22,26)/p+1. The van der Waals surface area contributed by atoms with Crippen LogP contribution in [0, 0.1) is 0 Å². The number of nitrogens with zero attached hydrogens (tertiary/aromatic N) is 2. The van der Waals surface area contributed by atoms with Crippen molar-refractivity contribution in [1.29, 1.82) is 0 Å². The summed E-state index contributed by atoms with van der Waals surface area (Å²) >= 11 is 1.34. The van der Waals surface area contributed by atoms with Gasteiger partial charge in [-0.1, -0.05) is 37.2 Å². The lowest BCUT2D eigenvalue weighted by Gasteiger charge is -2.24. The number of carbonyl (C=O) groups is 1. The van der Waals surface area contributed by atoms with Crippen molar-refractivity contribution in [3.8, 4) is 0 Å². The lowest BCUT2D eigenvalue weighted by Crippen LogP contribution is -3.14. The van der Waals surface area contributed by atoms with Crippen molar-refractivity contribution in [3.05, 3.63) is 34.6 Å². The van der Waals surface area contributed by atoms with Crippen molar-refractivity contribution in [2.45, 2.75) is 37.9 Å². The van der Waals surface area contributed by atoms with Gasteiger partial charge in [0.25, 0.3) is 5.56 Å². The zero-order valence-corrected chi connectivity index (χ0v) is 17.9. The van der Waals surface area contributed by atoms with E-state index in [0.29, 0.717) is 29.1 Å². The van der Waals surface area contributed by atoms with Gasteiger partial charge < -0.3 is 15.0 Å². The van der Waals surface area contributed by atoms with Gasteiger partial charge in [-0.05, 0) is 18.6 Å². The topological polar surface area (TPSA) is 77.7 Å². The molecule has 1 aromatic carbocycles. The van der Waals surface area contributed by atoms with Crippen molar-refractivity contribution in [1.82, 2.24) is 14.9 Å². The number of fused-ring (bicyclic) bond motifs is 1. The first kappa shape index (κ1) is 21.8. The highest BCUT2D eigenvalue weighted by atomic mass is 32.2. The highest BCUT2D eigenvalue weighted by molar-refractivity contribution is 7.99. The molecule has 1 saturated heterocycles. The molecule has 7 nitrogen and oxygen atoms in total. The average Bonchev–Trinajstić information content (AvgIpc) is 2.75. The summed E-state index contributed by atoms with van der Waals surface area (Å²) < 4.78 is 7.16. The Labute approximate surface area is 175 Å². The highest BCUT2D eigenvalue weighted by Gasteiger charge is 2.16. The van der Waals surface area contributed by atoms with Gasteiger partial charge in [-0.15, -0.1) is 0 Å². The summed E-state index contributed by atoms with van der Waals surface area (Å²) in [6, 6.07) is 7.42. The molecule has 2 N–H and O–H groups in total. The van der Waals surface area contributed by atoms with Crippen molar-refractivity contribution in [2.75, 3.05) is 45.1 Å². The highest BCUT2D eigenvalue weighted by Crippen LogP contribution is 2.18. The lowest BCUT2D eigenvalue weighted by molar-refractivity contribution is -0.908. The number of hydrogen-bond donors (Lipinski definition) is 2. The van der Waals surface area contributed by atoms with Gasteiger partial charge >= 0.3 is 0 Å². The number of benzene rings is 1. The van der Waals surface area contributed by atoms with Crippen molar-refractivity contribution >= 4 is 28.6 Å². The Morgan fingerprint density at radius 2 is 2.07 bits per heavy atom. The van der Waals surface area contributed by atoms with Gasteiger partial charge in [-0.3, -0.25) is 14.2 Å². The fourth-order valence-electron chi connectivity index (χ4n) is 3.44. The maximum Gasteiger partial charge on any atom is 0.262 e. The quantitative estimate of drug-likeness (QED) is 0.337. The second kappa shape index (κ2) is 11.3. The second-order valence-corrected chi connectivity index (χ2v) is 8.27. The zero-order valence-electron chi connectivity index (χ0n) is 17.1. The summed E-state index contributed by atoms with van der Waals surface area (Å²) in [5.74, 6) is 0.249. The molecule has 1 aromatic heterocycles. The van der Waals surface area contributed by atoms with Crippen LogP contribution < -0.4 is 15.8 Å². The van der Waals surface area contributed by atoms with E-state index in [1.807, 2.05) is 24.3 Å². The molecule has 0 aliphatic carbocycles.